The Kier molecular flexibility index (Phi) is 3.97. The van der Waals surface area contributed by atoms with Gasteiger partial charge in [0.05, 0.1) is 5.69 Å². The summed E-state index contributed by atoms with van der Waals surface area (Å²) in [5, 5.41) is 3.11. The molecule has 3 heteroatoms. The van der Waals surface area contributed by atoms with E-state index in [4.69, 9.17) is 4.74 Å². The number of aryl methyl sites for hydroxylation is 1. The van der Waals surface area contributed by atoms with Crippen molar-refractivity contribution in [3.63, 3.8) is 0 Å². The number of pyridine rings is 1. The van der Waals surface area contributed by atoms with E-state index in [9.17, 15) is 0 Å². The number of rotatable bonds is 4. The lowest BCUT2D eigenvalue weighted by molar-refractivity contribution is 0.183. The zero-order valence-corrected chi connectivity index (χ0v) is 11.8. The average Bonchev–Trinajstić information content (AvgIpc) is 2.48. The van der Waals surface area contributed by atoms with E-state index in [2.05, 4.69) is 34.6 Å². The highest BCUT2D eigenvalue weighted by atomic mass is 16.5. The molecule has 104 valence electrons. The molecule has 0 amide bonds. The van der Waals surface area contributed by atoms with Gasteiger partial charge in [0.25, 0.3) is 0 Å². The van der Waals surface area contributed by atoms with Crippen molar-refractivity contribution >= 4 is 0 Å². The minimum absolute atomic E-state index is 0.171. The molecular weight excluding hydrogens is 248 g/mol. The molecule has 1 heterocycles. The Balaban J connectivity index is 1.80. The molecule has 0 fully saturated rings. The summed E-state index contributed by atoms with van der Waals surface area (Å²) >= 11 is 0. The summed E-state index contributed by atoms with van der Waals surface area (Å²) in [6, 6.07) is 12.6. The largest absolute Gasteiger partial charge is 0.486 e. The van der Waals surface area contributed by atoms with Crippen LogP contribution in [0.15, 0.2) is 42.6 Å². The van der Waals surface area contributed by atoms with Gasteiger partial charge in [0, 0.05) is 18.8 Å². The Morgan fingerprint density at radius 3 is 3.10 bits per heavy atom. The first-order chi connectivity index (χ1) is 9.86. The number of benzene rings is 1. The van der Waals surface area contributed by atoms with Crippen LogP contribution in [-0.4, -0.2) is 12.0 Å². The van der Waals surface area contributed by atoms with Gasteiger partial charge in [-0.3, -0.25) is 4.98 Å². The third-order valence-electron chi connectivity index (χ3n) is 3.74. The molecule has 20 heavy (non-hydrogen) atoms. The third-order valence-corrected chi connectivity index (χ3v) is 3.74. The van der Waals surface area contributed by atoms with Gasteiger partial charge in [0.15, 0.2) is 0 Å². The second-order valence-corrected chi connectivity index (χ2v) is 5.21. The Labute approximate surface area is 120 Å². The number of ether oxygens (including phenoxy) is 1. The van der Waals surface area contributed by atoms with E-state index in [0.717, 1.165) is 30.8 Å². The summed E-state index contributed by atoms with van der Waals surface area (Å²) in [5.41, 5.74) is 3.77. The van der Waals surface area contributed by atoms with Gasteiger partial charge in [0.1, 0.15) is 11.9 Å². The van der Waals surface area contributed by atoms with Gasteiger partial charge in [-0.25, -0.2) is 0 Å². The van der Waals surface area contributed by atoms with E-state index in [-0.39, 0.29) is 6.10 Å². The normalized spacial score (nSPS) is 17.6. The van der Waals surface area contributed by atoms with E-state index in [1.54, 1.807) is 0 Å². The first kappa shape index (κ1) is 13.1. The topological polar surface area (TPSA) is 34.1 Å². The number of hydrogen-bond donors (Lipinski definition) is 1. The van der Waals surface area contributed by atoms with Crippen LogP contribution in [0, 0.1) is 0 Å². The molecule has 2 aromatic rings. The number of aromatic nitrogens is 1. The molecule has 1 aliphatic carbocycles. The van der Waals surface area contributed by atoms with Crippen LogP contribution >= 0.6 is 0 Å². The van der Waals surface area contributed by atoms with Gasteiger partial charge in [-0.2, -0.15) is 0 Å². The molecule has 0 aliphatic heterocycles. The lowest BCUT2D eigenvalue weighted by atomic mass is 9.89. The highest BCUT2D eigenvalue weighted by Gasteiger charge is 2.21. The minimum atomic E-state index is 0.171. The van der Waals surface area contributed by atoms with Crippen LogP contribution in [0.1, 0.15) is 35.8 Å². The van der Waals surface area contributed by atoms with Gasteiger partial charge in [-0.1, -0.05) is 24.3 Å². The quantitative estimate of drug-likeness (QED) is 0.924. The SMILES string of the molecule is CNCc1cc(OC2CCCc3ccccc32)ccn1. The van der Waals surface area contributed by atoms with E-state index < -0.39 is 0 Å². The maximum absolute atomic E-state index is 6.20. The number of fused-ring (bicyclic) bond motifs is 1. The molecule has 3 rings (SSSR count). The van der Waals surface area contributed by atoms with Crippen LogP contribution in [0.4, 0.5) is 0 Å². The molecule has 0 saturated carbocycles. The van der Waals surface area contributed by atoms with E-state index in [0.29, 0.717) is 0 Å². The zero-order chi connectivity index (χ0) is 13.8. The molecule has 1 aliphatic rings. The third kappa shape index (κ3) is 2.83. The lowest BCUT2D eigenvalue weighted by Gasteiger charge is -2.26. The Bertz CT molecular complexity index is 583. The van der Waals surface area contributed by atoms with Crippen LogP contribution in [-0.2, 0) is 13.0 Å². The van der Waals surface area contributed by atoms with Crippen molar-refractivity contribution in [1.82, 2.24) is 10.3 Å². The first-order valence-corrected chi connectivity index (χ1v) is 7.21. The Hall–Kier alpha value is -1.87. The second-order valence-electron chi connectivity index (χ2n) is 5.21. The van der Waals surface area contributed by atoms with Crippen LogP contribution in [0.5, 0.6) is 5.75 Å². The molecule has 0 saturated heterocycles. The summed E-state index contributed by atoms with van der Waals surface area (Å²) < 4.78 is 6.20. The predicted octanol–water partition coefficient (Wildman–Crippen LogP) is 3.26. The summed E-state index contributed by atoms with van der Waals surface area (Å²) in [7, 11) is 1.92. The Morgan fingerprint density at radius 2 is 2.20 bits per heavy atom. The predicted molar refractivity (Wildman–Crippen MR) is 79.7 cm³/mol. The van der Waals surface area contributed by atoms with Crippen LogP contribution in [0.2, 0.25) is 0 Å². The molecule has 1 aromatic heterocycles. The fourth-order valence-corrected chi connectivity index (χ4v) is 2.80. The van der Waals surface area contributed by atoms with Crippen molar-refractivity contribution in [2.75, 3.05) is 7.05 Å². The molecular formula is C17H20N2O. The van der Waals surface area contributed by atoms with Crippen molar-refractivity contribution in [2.24, 2.45) is 0 Å². The van der Waals surface area contributed by atoms with Crippen molar-refractivity contribution in [3.8, 4) is 5.75 Å². The highest BCUT2D eigenvalue weighted by molar-refractivity contribution is 5.33. The standard InChI is InChI=1S/C17H20N2O/c1-18-12-14-11-15(9-10-19-14)20-17-8-4-6-13-5-2-3-7-16(13)17/h2-3,5,7,9-11,17-18H,4,6,8,12H2,1H3. The molecule has 0 bridgehead atoms. The number of nitrogens with zero attached hydrogens (tertiary/aromatic N) is 1. The molecule has 0 spiro atoms. The fourth-order valence-electron chi connectivity index (χ4n) is 2.80. The van der Waals surface area contributed by atoms with Crippen LogP contribution in [0.25, 0.3) is 0 Å². The Morgan fingerprint density at radius 1 is 1.30 bits per heavy atom. The average molecular weight is 268 g/mol. The van der Waals surface area contributed by atoms with E-state index in [1.165, 1.54) is 17.5 Å². The van der Waals surface area contributed by atoms with Gasteiger partial charge < -0.3 is 10.1 Å². The first-order valence-electron chi connectivity index (χ1n) is 7.21. The summed E-state index contributed by atoms with van der Waals surface area (Å²) in [5.74, 6) is 0.909. The van der Waals surface area contributed by atoms with Crippen molar-refractivity contribution < 1.29 is 4.74 Å². The zero-order valence-electron chi connectivity index (χ0n) is 11.8. The van der Waals surface area contributed by atoms with Gasteiger partial charge >= 0.3 is 0 Å². The van der Waals surface area contributed by atoms with Crippen LogP contribution in [0.3, 0.4) is 0 Å². The molecule has 1 atom stereocenters. The van der Waals surface area contributed by atoms with Gasteiger partial charge in [-0.15, -0.1) is 0 Å². The van der Waals surface area contributed by atoms with Gasteiger partial charge in [-0.05, 0) is 43.5 Å². The molecule has 1 N–H and O–H groups in total. The van der Waals surface area contributed by atoms with E-state index in [1.807, 2.05) is 25.4 Å². The number of nitrogens with one attached hydrogen (secondary N) is 1. The summed E-state index contributed by atoms with van der Waals surface area (Å²) in [4.78, 5) is 4.32. The van der Waals surface area contributed by atoms with Gasteiger partial charge in [0.2, 0.25) is 0 Å². The smallest absolute Gasteiger partial charge is 0.124 e. The monoisotopic (exact) mass is 268 g/mol. The van der Waals surface area contributed by atoms with Crippen LogP contribution < -0.4 is 10.1 Å². The van der Waals surface area contributed by atoms with Crippen molar-refractivity contribution in [1.29, 1.82) is 0 Å². The summed E-state index contributed by atoms with van der Waals surface area (Å²) in [6.07, 6.45) is 5.43. The maximum Gasteiger partial charge on any atom is 0.124 e. The molecule has 1 aromatic carbocycles. The lowest BCUT2D eigenvalue weighted by Crippen LogP contribution is -2.15. The van der Waals surface area contributed by atoms with E-state index >= 15 is 0 Å². The number of hydrogen-bond acceptors (Lipinski definition) is 3. The second kappa shape index (κ2) is 6.06. The summed E-state index contributed by atoms with van der Waals surface area (Å²) in [6.45, 7) is 0.762. The van der Waals surface area contributed by atoms with Crippen molar-refractivity contribution in [3.05, 3.63) is 59.4 Å². The highest BCUT2D eigenvalue weighted by Crippen LogP contribution is 2.33. The maximum atomic E-state index is 6.20. The fraction of sp³-hybridized carbons (Fsp3) is 0.353. The molecule has 1 unspecified atom stereocenters. The van der Waals surface area contributed by atoms with Crippen molar-refractivity contribution in [2.45, 2.75) is 31.9 Å². The molecule has 3 nitrogen and oxygen atoms in total. The molecule has 0 radical (unpaired) electrons. The minimum Gasteiger partial charge on any atom is -0.486 e.